The molecule has 0 spiro atoms. The van der Waals surface area contributed by atoms with Crippen LogP contribution in [0.5, 0.6) is 0 Å². The molecule has 1 aromatic rings. The first kappa shape index (κ1) is 10.4. The van der Waals surface area contributed by atoms with Crippen molar-refractivity contribution < 1.29 is 4.79 Å². The third-order valence-electron chi connectivity index (χ3n) is 2.52. The minimum absolute atomic E-state index is 0.134. The Bertz CT molecular complexity index is 452. The van der Waals surface area contributed by atoms with Gasteiger partial charge in [-0.15, -0.1) is 0 Å². The molecule has 1 aliphatic rings. The molecule has 0 aliphatic carbocycles. The summed E-state index contributed by atoms with van der Waals surface area (Å²) < 4.78 is 0. The number of carbonyl (C=O) groups is 1. The lowest BCUT2D eigenvalue weighted by Gasteiger charge is -2.28. The zero-order chi connectivity index (χ0) is 11.4. The lowest BCUT2D eigenvalue weighted by atomic mass is 10.1. The van der Waals surface area contributed by atoms with Gasteiger partial charge in [0, 0.05) is 17.7 Å². The van der Waals surface area contributed by atoms with Gasteiger partial charge >= 0.3 is 0 Å². The number of pyridine rings is 1. The lowest BCUT2D eigenvalue weighted by molar-refractivity contribution is -0.117. The fourth-order valence-corrected chi connectivity index (χ4v) is 1.83. The first-order valence-electron chi connectivity index (χ1n) is 5.08. The molecule has 0 bridgehead atoms. The molecule has 16 heavy (non-hydrogen) atoms. The van der Waals surface area contributed by atoms with Crippen molar-refractivity contribution in [1.29, 1.82) is 0 Å². The summed E-state index contributed by atoms with van der Waals surface area (Å²) in [4.78, 5) is 20.2. The fourth-order valence-electron chi connectivity index (χ4n) is 1.83. The maximum absolute atomic E-state index is 11.8. The van der Waals surface area contributed by atoms with Crippen LogP contribution in [0.4, 0.5) is 5.69 Å². The van der Waals surface area contributed by atoms with Gasteiger partial charge in [0.05, 0.1) is 11.4 Å². The SMILES string of the molecule is [N-]=[N+]=NCC(=O)N1CCCc2ncccc21. The van der Waals surface area contributed by atoms with Crippen LogP contribution in [-0.4, -0.2) is 24.0 Å². The van der Waals surface area contributed by atoms with E-state index in [4.69, 9.17) is 5.53 Å². The van der Waals surface area contributed by atoms with Crippen molar-refractivity contribution in [2.75, 3.05) is 18.0 Å². The zero-order valence-electron chi connectivity index (χ0n) is 8.70. The molecular formula is C10H11N5O. The predicted octanol–water partition coefficient (Wildman–Crippen LogP) is 1.67. The van der Waals surface area contributed by atoms with Gasteiger partial charge in [-0.25, -0.2) is 0 Å². The summed E-state index contributed by atoms with van der Waals surface area (Å²) in [6, 6.07) is 3.67. The van der Waals surface area contributed by atoms with E-state index in [0.717, 1.165) is 24.2 Å². The van der Waals surface area contributed by atoms with Crippen molar-refractivity contribution in [2.45, 2.75) is 12.8 Å². The van der Waals surface area contributed by atoms with Crippen molar-refractivity contribution in [3.8, 4) is 0 Å². The molecule has 6 heteroatoms. The number of fused-ring (bicyclic) bond motifs is 1. The smallest absolute Gasteiger partial charge is 0.232 e. The number of carbonyl (C=O) groups excluding carboxylic acids is 1. The van der Waals surface area contributed by atoms with Gasteiger partial charge < -0.3 is 4.90 Å². The first-order chi connectivity index (χ1) is 7.83. The van der Waals surface area contributed by atoms with E-state index in [1.807, 2.05) is 6.07 Å². The average Bonchev–Trinajstić information content (AvgIpc) is 2.35. The van der Waals surface area contributed by atoms with Crippen molar-refractivity contribution in [3.63, 3.8) is 0 Å². The number of azide groups is 1. The zero-order valence-corrected chi connectivity index (χ0v) is 8.70. The molecule has 0 aromatic carbocycles. The summed E-state index contributed by atoms with van der Waals surface area (Å²) in [5.74, 6) is -0.174. The number of aromatic nitrogens is 1. The van der Waals surface area contributed by atoms with Crippen molar-refractivity contribution in [1.82, 2.24) is 4.98 Å². The van der Waals surface area contributed by atoms with Crippen molar-refractivity contribution >= 4 is 11.6 Å². The second-order valence-electron chi connectivity index (χ2n) is 3.51. The second-order valence-corrected chi connectivity index (χ2v) is 3.51. The summed E-state index contributed by atoms with van der Waals surface area (Å²) in [5, 5.41) is 3.29. The van der Waals surface area contributed by atoms with Crippen LogP contribution in [0.2, 0.25) is 0 Å². The van der Waals surface area contributed by atoms with Gasteiger partial charge in [0.25, 0.3) is 0 Å². The van der Waals surface area contributed by atoms with E-state index in [1.54, 1.807) is 17.2 Å². The van der Waals surface area contributed by atoms with E-state index in [0.29, 0.717) is 6.54 Å². The molecule has 0 fully saturated rings. The van der Waals surface area contributed by atoms with Crippen LogP contribution in [-0.2, 0) is 11.2 Å². The van der Waals surface area contributed by atoms with Gasteiger partial charge in [-0.2, -0.15) is 0 Å². The average molecular weight is 217 g/mol. The van der Waals surface area contributed by atoms with Gasteiger partial charge in [-0.05, 0) is 30.5 Å². The van der Waals surface area contributed by atoms with E-state index < -0.39 is 0 Å². The third-order valence-corrected chi connectivity index (χ3v) is 2.52. The summed E-state index contributed by atoms with van der Waals surface area (Å²) >= 11 is 0. The fraction of sp³-hybridized carbons (Fsp3) is 0.400. The first-order valence-corrected chi connectivity index (χ1v) is 5.08. The predicted molar refractivity (Wildman–Crippen MR) is 58.9 cm³/mol. The molecule has 0 saturated carbocycles. The second kappa shape index (κ2) is 4.63. The Labute approximate surface area is 92.5 Å². The molecule has 0 N–H and O–H groups in total. The third kappa shape index (κ3) is 1.97. The number of hydrogen-bond donors (Lipinski definition) is 0. The number of nitrogens with zero attached hydrogens (tertiary/aromatic N) is 5. The Morgan fingerprint density at radius 2 is 2.56 bits per heavy atom. The maximum atomic E-state index is 11.8. The monoisotopic (exact) mass is 217 g/mol. The Kier molecular flexibility index (Phi) is 3.03. The normalized spacial score (nSPS) is 13.9. The van der Waals surface area contributed by atoms with Crippen LogP contribution >= 0.6 is 0 Å². The van der Waals surface area contributed by atoms with E-state index in [2.05, 4.69) is 15.0 Å². The highest BCUT2D eigenvalue weighted by atomic mass is 16.2. The van der Waals surface area contributed by atoms with Crippen LogP contribution in [0.15, 0.2) is 23.4 Å². The summed E-state index contributed by atoms with van der Waals surface area (Å²) in [7, 11) is 0. The molecule has 0 atom stereocenters. The Morgan fingerprint density at radius 3 is 3.38 bits per heavy atom. The maximum Gasteiger partial charge on any atom is 0.232 e. The van der Waals surface area contributed by atoms with Crippen LogP contribution < -0.4 is 4.90 Å². The van der Waals surface area contributed by atoms with Crippen molar-refractivity contribution in [2.24, 2.45) is 5.11 Å². The highest BCUT2D eigenvalue weighted by Crippen LogP contribution is 2.24. The lowest BCUT2D eigenvalue weighted by Crippen LogP contribution is -2.37. The molecule has 82 valence electrons. The molecular weight excluding hydrogens is 206 g/mol. The van der Waals surface area contributed by atoms with E-state index in [-0.39, 0.29) is 12.5 Å². The molecule has 1 amide bonds. The Balaban J connectivity index is 2.24. The molecule has 6 nitrogen and oxygen atoms in total. The van der Waals surface area contributed by atoms with Crippen molar-refractivity contribution in [3.05, 3.63) is 34.5 Å². The molecule has 0 unspecified atom stereocenters. The van der Waals surface area contributed by atoms with E-state index in [1.165, 1.54) is 0 Å². The van der Waals surface area contributed by atoms with Gasteiger partial charge in [-0.3, -0.25) is 9.78 Å². The number of rotatable bonds is 2. The van der Waals surface area contributed by atoms with E-state index in [9.17, 15) is 4.79 Å². The highest BCUT2D eigenvalue weighted by Gasteiger charge is 2.21. The quantitative estimate of drug-likeness (QED) is 0.429. The van der Waals surface area contributed by atoms with Gasteiger partial charge in [0.1, 0.15) is 6.54 Å². The number of amides is 1. The van der Waals surface area contributed by atoms with E-state index >= 15 is 0 Å². The van der Waals surface area contributed by atoms with Crippen LogP contribution in [0, 0.1) is 0 Å². The van der Waals surface area contributed by atoms with Gasteiger partial charge in [-0.1, -0.05) is 5.11 Å². The van der Waals surface area contributed by atoms with Gasteiger partial charge in [0.2, 0.25) is 5.91 Å². The minimum atomic E-state index is -0.174. The molecule has 1 aliphatic heterocycles. The topological polar surface area (TPSA) is 82.0 Å². The van der Waals surface area contributed by atoms with Crippen LogP contribution in [0.3, 0.4) is 0 Å². The molecule has 0 radical (unpaired) electrons. The summed E-state index contributed by atoms with van der Waals surface area (Å²) in [6.45, 7) is 0.531. The van der Waals surface area contributed by atoms with Crippen LogP contribution in [0.25, 0.3) is 10.4 Å². The molecule has 2 rings (SSSR count). The highest BCUT2D eigenvalue weighted by molar-refractivity contribution is 5.95. The number of anilines is 1. The molecule has 0 saturated heterocycles. The largest absolute Gasteiger partial charge is 0.311 e. The summed E-state index contributed by atoms with van der Waals surface area (Å²) in [5.41, 5.74) is 9.96. The molecule has 1 aromatic heterocycles. The van der Waals surface area contributed by atoms with Crippen LogP contribution in [0.1, 0.15) is 12.1 Å². The number of aryl methyl sites for hydroxylation is 1. The summed E-state index contributed by atoms with van der Waals surface area (Å²) in [6.07, 6.45) is 3.51. The number of hydrogen-bond acceptors (Lipinski definition) is 3. The molecule has 2 heterocycles. The Hall–Kier alpha value is -2.07. The minimum Gasteiger partial charge on any atom is -0.311 e. The standard InChI is InChI=1S/C10H11N5O/c11-14-13-7-10(16)15-6-2-3-8-9(15)4-1-5-12-8/h1,4-5H,2-3,6-7H2. The van der Waals surface area contributed by atoms with Gasteiger partial charge in [0.15, 0.2) is 0 Å². The Morgan fingerprint density at radius 1 is 1.69 bits per heavy atom.